The second kappa shape index (κ2) is 6.93. The minimum Gasteiger partial charge on any atom is -0.484 e. The number of carbonyl (C=O) groups excluding carboxylic acids is 1. The first-order valence-electron chi connectivity index (χ1n) is 7.94. The molecule has 0 saturated heterocycles. The molecule has 4 aromatic rings. The summed E-state index contributed by atoms with van der Waals surface area (Å²) >= 11 is 1.45. The van der Waals surface area contributed by atoms with E-state index in [0.717, 1.165) is 21.1 Å². The monoisotopic (exact) mass is 365 g/mol. The Morgan fingerprint density at radius 3 is 2.65 bits per heavy atom. The molecule has 2 aromatic carbocycles. The lowest BCUT2D eigenvalue weighted by Crippen LogP contribution is -2.20. The highest BCUT2D eigenvalue weighted by Crippen LogP contribution is 2.25. The molecule has 2 aromatic heterocycles. The molecule has 0 aliphatic heterocycles. The minimum atomic E-state index is -0.211. The zero-order chi connectivity index (χ0) is 17.9. The summed E-state index contributed by atoms with van der Waals surface area (Å²) in [5, 5.41) is 15.8. The highest BCUT2D eigenvalue weighted by Gasteiger charge is 2.08. The van der Waals surface area contributed by atoms with Crippen molar-refractivity contribution in [3.63, 3.8) is 0 Å². The Labute approximate surface area is 153 Å². The number of aromatic nitrogens is 4. The second-order valence-electron chi connectivity index (χ2n) is 5.69. The normalized spacial score (nSPS) is 10.8. The Hall–Kier alpha value is -3.26. The van der Waals surface area contributed by atoms with Crippen molar-refractivity contribution < 1.29 is 9.53 Å². The van der Waals surface area contributed by atoms with Crippen LogP contribution in [0.3, 0.4) is 0 Å². The summed E-state index contributed by atoms with van der Waals surface area (Å²) in [4.78, 5) is 12.8. The van der Waals surface area contributed by atoms with Gasteiger partial charge in [-0.3, -0.25) is 4.79 Å². The van der Waals surface area contributed by atoms with Crippen molar-refractivity contribution >= 4 is 27.9 Å². The molecule has 0 unspecified atom stereocenters. The van der Waals surface area contributed by atoms with E-state index in [4.69, 9.17) is 4.74 Å². The number of amides is 1. The van der Waals surface area contributed by atoms with Crippen LogP contribution < -0.4 is 10.1 Å². The van der Waals surface area contributed by atoms with Gasteiger partial charge in [0.25, 0.3) is 5.91 Å². The summed E-state index contributed by atoms with van der Waals surface area (Å²) in [5.74, 6) is 0.460. The van der Waals surface area contributed by atoms with E-state index in [0.29, 0.717) is 11.4 Å². The second-order valence-corrected chi connectivity index (χ2v) is 6.65. The number of hydrogen-bond acceptors (Lipinski definition) is 6. The standard InChI is InChI=1S/C18H15N5O2S/c1-12-2-8-15(9-3-12)25-10-16(24)20-14-6-4-13(5-7-14)17-22-23-11-19-21-18(23)26-17/h2-9,11H,10H2,1H3,(H,20,24). The van der Waals surface area contributed by atoms with Gasteiger partial charge in [-0.25, -0.2) is 0 Å². The zero-order valence-electron chi connectivity index (χ0n) is 13.9. The molecule has 8 heteroatoms. The van der Waals surface area contributed by atoms with E-state index in [1.807, 2.05) is 55.5 Å². The summed E-state index contributed by atoms with van der Waals surface area (Å²) in [6.45, 7) is 1.96. The van der Waals surface area contributed by atoms with E-state index in [1.54, 1.807) is 10.8 Å². The fraction of sp³-hybridized carbons (Fsp3) is 0.111. The van der Waals surface area contributed by atoms with Gasteiger partial charge in [0.1, 0.15) is 17.1 Å². The number of carbonyl (C=O) groups is 1. The Morgan fingerprint density at radius 2 is 1.92 bits per heavy atom. The van der Waals surface area contributed by atoms with E-state index in [9.17, 15) is 4.79 Å². The largest absolute Gasteiger partial charge is 0.484 e. The molecule has 0 radical (unpaired) electrons. The zero-order valence-corrected chi connectivity index (χ0v) is 14.7. The summed E-state index contributed by atoms with van der Waals surface area (Å²) < 4.78 is 7.11. The number of anilines is 1. The van der Waals surface area contributed by atoms with Crippen LogP contribution >= 0.6 is 11.3 Å². The van der Waals surface area contributed by atoms with E-state index in [-0.39, 0.29) is 12.5 Å². The van der Waals surface area contributed by atoms with E-state index >= 15 is 0 Å². The number of hydrogen-bond donors (Lipinski definition) is 1. The fourth-order valence-corrected chi connectivity index (χ4v) is 3.18. The van der Waals surface area contributed by atoms with Crippen molar-refractivity contribution in [1.29, 1.82) is 0 Å². The molecule has 0 bridgehead atoms. The van der Waals surface area contributed by atoms with Crippen LogP contribution in [-0.2, 0) is 4.79 Å². The van der Waals surface area contributed by atoms with Crippen molar-refractivity contribution in [2.75, 3.05) is 11.9 Å². The summed E-state index contributed by atoms with van der Waals surface area (Å²) in [6.07, 6.45) is 1.57. The molecular weight excluding hydrogens is 350 g/mol. The van der Waals surface area contributed by atoms with Gasteiger partial charge in [-0.1, -0.05) is 29.0 Å². The maximum absolute atomic E-state index is 12.0. The van der Waals surface area contributed by atoms with Crippen LogP contribution in [0, 0.1) is 6.92 Å². The maximum atomic E-state index is 12.0. The Kier molecular flexibility index (Phi) is 4.32. The maximum Gasteiger partial charge on any atom is 0.262 e. The van der Waals surface area contributed by atoms with Crippen LogP contribution in [0.4, 0.5) is 5.69 Å². The molecule has 0 saturated carbocycles. The third kappa shape index (κ3) is 3.55. The lowest BCUT2D eigenvalue weighted by atomic mass is 10.2. The number of nitrogens with zero attached hydrogens (tertiary/aromatic N) is 4. The molecule has 4 rings (SSSR count). The summed E-state index contributed by atoms with van der Waals surface area (Å²) in [6, 6.07) is 15.1. The van der Waals surface area contributed by atoms with Gasteiger partial charge in [-0.05, 0) is 43.3 Å². The van der Waals surface area contributed by atoms with E-state index < -0.39 is 0 Å². The van der Waals surface area contributed by atoms with Crippen LogP contribution in [-0.4, -0.2) is 32.3 Å². The predicted molar refractivity (Wildman–Crippen MR) is 99.4 cm³/mol. The Bertz CT molecular complexity index is 1010. The topological polar surface area (TPSA) is 81.4 Å². The Balaban J connectivity index is 1.36. The van der Waals surface area contributed by atoms with E-state index in [1.165, 1.54) is 11.3 Å². The first kappa shape index (κ1) is 16.2. The molecule has 7 nitrogen and oxygen atoms in total. The third-order valence-corrected chi connectivity index (χ3v) is 4.66. The number of benzene rings is 2. The molecule has 1 amide bonds. The van der Waals surface area contributed by atoms with Gasteiger partial charge in [-0.2, -0.15) is 9.61 Å². The van der Waals surface area contributed by atoms with Gasteiger partial charge < -0.3 is 10.1 Å². The highest BCUT2D eigenvalue weighted by molar-refractivity contribution is 7.19. The van der Waals surface area contributed by atoms with Crippen molar-refractivity contribution in [1.82, 2.24) is 19.8 Å². The number of rotatable bonds is 5. The van der Waals surface area contributed by atoms with Gasteiger partial charge >= 0.3 is 0 Å². The first-order valence-corrected chi connectivity index (χ1v) is 8.76. The molecule has 0 atom stereocenters. The quantitative estimate of drug-likeness (QED) is 0.587. The van der Waals surface area contributed by atoms with E-state index in [2.05, 4.69) is 20.6 Å². The molecule has 0 fully saturated rings. The number of ether oxygens (including phenoxy) is 1. The summed E-state index contributed by atoms with van der Waals surface area (Å²) in [7, 11) is 0. The van der Waals surface area contributed by atoms with Gasteiger partial charge in [0.15, 0.2) is 6.61 Å². The average molecular weight is 365 g/mol. The minimum absolute atomic E-state index is 0.0402. The number of fused-ring (bicyclic) bond motifs is 1. The number of nitrogens with one attached hydrogen (secondary N) is 1. The molecule has 130 valence electrons. The van der Waals surface area contributed by atoms with Crippen LogP contribution in [0.15, 0.2) is 54.9 Å². The highest BCUT2D eigenvalue weighted by atomic mass is 32.1. The van der Waals surface area contributed by atoms with Crippen LogP contribution in [0.2, 0.25) is 0 Å². The van der Waals surface area contributed by atoms with Gasteiger partial charge in [0.2, 0.25) is 4.96 Å². The number of aryl methyl sites for hydroxylation is 1. The smallest absolute Gasteiger partial charge is 0.262 e. The molecular formula is C18H15N5O2S. The molecule has 0 spiro atoms. The molecule has 0 aliphatic carbocycles. The SMILES string of the molecule is Cc1ccc(OCC(=O)Nc2ccc(-c3nn4cnnc4s3)cc2)cc1. The Morgan fingerprint density at radius 1 is 1.15 bits per heavy atom. The average Bonchev–Trinajstić information content (AvgIpc) is 3.24. The fourth-order valence-electron chi connectivity index (χ4n) is 2.35. The van der Waals surface area contributed by atoms with Crippen LogP contribution in [0.5, 0.6) is 5.75 Å². The predicted octanol–water partition coefficient (Wildman–Crippen LogP) is 3.18. The lowest BCUT2D eigenvalue weighted by molar-refractivity contribution is -0.118. The van der Waals surface area contributed by atoms with Crippen LogP contribution in [0.1, 0.15) is 5.56 Å². The lowest BCUT2D eigenvalue weighted by Gasteiger charge is -2.08. The van der Waals surface area contributed by atoms with Gasteiger partial charge in [0.05, 0.1) is 0 Å². The third-order valence-electron chi connectivity index (χ3n) is 3.69. The van der Waals surface area contributed by atoms with Crippen LogP contribution in [0.25, 0.3) is 15.5 Å². The van der Waals surface area contributed by atoms with Crippen molar-refractivity contribution in [3.8, 4) is 16.3 Å². The first-order chi connectivity index (χ1) is 12.7. The van der Waals surface area contributed by atoms with Crippen molar-refractivity contribution in [3.05, 3.63) is 60.4 Å². The molecule has 26 heavy (non-hydrogen) atoms. The van der Waals surface area contributed by atoms with Gasteiger partial charge in [-0.15, -0.1) is 10.2 Å². The van der Waals surface area contributed by atoms with Crippen molar-refractivity contribution in [2.45, 2.75) is 6.92 Å². The molecule has 0 aliphatic rings. The van der Waals surface area contributed by atoms with Crippen molar-refractivity contribution in [2.24, 2.45) is 0 Å². The van der Waals surface area contributed by atoms with Gasteiger partial charge in [0, 0.05) is 11.3 Å². The summed E-state index contributed by atoms with van der Waals surface area (Å²) in [5.41, 5.74) is 2.80. The molecule has 1 N–H and O–H groups in total. The molecule has 2 heterocycles.